The van der Waals surface area contributed by atoms with Crippen LogP contribution in [-0.2, 0) is 14.4 Å². The molecule has 2 rings (SSSR count). The topological polar surface area (TPSA) is 134 Å². The summed E-state index contributed by atoms with van der Waals surface area (Å²) in [5.74, 6) is 1.55. The third kappa shape index (κ3) is 4.97. The lowest BCUT2D eigenvalue weighted by Gasteiger charge is -2.10. The van der Waals surface area contributed by atoms with Gasteiger partial charge < -0.3 is 9.47 Å². The lowest BCUT2D eigenvalue weighted by atomic mass is 10.3. The van der Waals surface area contributed by atoms with E-state index < -0.39 is 20.9 Å². The average molecular weight is 416 g/mol. The monoisotopic (exact) mass is 416 g/mol. The van der Waals surface area contributed by atoms with Crippen molar-refractivity contribution in [3.05, 3.63) is 45.5 Å². The van der Waals surface area contributed by atoms with E-state index in [0.717, 1.165) is 24.3 Å². The summed E-state index contributed by atoms with van der Waals surface area (Å²) in [4.78, 5) is 21.9. The maximum atomic E-state index is 12.3. The number of nitrogens with one attached hydrogen (secondary N) is 1. The van der Waals surface area contributed by atoms with Crippen LogP contribution in [-0.4, -0.2) is 32.5 Å². The first-order chi connectivity index (χ1) is 12.8. The Labute approximate surface area is 156 Å². The van der Waals surface area contributed by atoms with Crippen LogP contribution in [0.2, 0.25) is 0 Å². The van der Waals surface area contributed by atoms with Crippen LogP contribution in [0.5, 0.6) is 11.5 Å². The first-order valence-electron chi connectivity index (χ1n) is 7.75. The van der Waals surface area contributed by atoms with Gasteiger partial charge in [-0.05, 0) is 26.0 Å². The Hall–Kier alpha value is -2.62. The number of nitrogens with zero attached hydrogens (tertiary/aromatic N) is 1. The van der Waals surface area contributed by atoms with Crippen molar-refractivity contribution < 1.29 is 31.9 Å². The van der Waals surface area contributed by atoms with Crippen LogP contribution in [0.1, 0.15) is 23.9 Å². The van der Waals surface area contributed by atoms with E-state index in [1.54, 1.807) is 19.6 Å². The average Bonchev–Trinajstić information content (AvgIpc) is 3.03. The van der Waals surface area contributed by atoms with E-state index in [1.807, 2.05) is 5.48 Å². The maximum absolute atomic E-state index is 12.3. The van der Waals surface area contributed by atoms with Crippen LogP contribution < -0.4 is 15.0 Å². The minimum Gasteiger partial charge on any atom is -0.490 e. The maximum Gasteiger partial charge on any atom is 0.317 e. The first-order valence-corrected chi connectivity index (χ1v) is 10.2. The van der Waals surface area contributed by atoms with Crippen molar-refractivity contribution in [3.63, 3.8) is 0 Å². The minimum absolute atomic E-state index is 0.0788. The zero-order valence-corrected chi connectivity index (χ0v) is 16.2. The smallest absolute Gasteiger partial charge is 0.317 e. The number of hydrogen-bond donors (Lipinski definition) is 1. The van der Waals surface area contributed by atoms with Crippen LogP contribution in [0.25, 0.3) is 0 Å². The van der Waals surface area contributed by atoms with Gasteiger partial charge in [-0.1, -0.05) is 0 Å². The number of ether oxygens (including phenoxy) is 2. The molecule has 1 unspecified atom stereocenters. The van der Waals surface area contributed by atoms with Gasteiger partial charge in [-0.3, -0.25) is 14.9 Å². The van der Waals surface area contributed by atoms with Crippen LogP contribution >= 0.6 is 8.19 Å². The zero-order valence-electron chi connectivity index (χ0n) is 14.4. The molecule has 0 spiro atoms. The molecule has 1 heterocycles. The molecule has 0 fully saturated rings. The Balaban J connectivity index is 2.13. The highest BCUT2D eigenvalue weighted by Crippen LogP contribution is 2.40. The van der Waals surface area contributed by atoms with Gasteiger partial charge in [0.2, 0.25) is 0 Å². The van der Waals surface area contributed by atoms with Crippen molar-refractivity contribution >= 4 is 29.9 Å². The molecule has 146 valence electrons. The molecule has 0 bridgehead atoms. The second kappa shape index (κ2) is 8.85. The van der Waals surface area contributed by atoms with Crippen molar-refractivity contribution in [2.75, 3.05) is 13.2 Å². The number of nitro benzene ring substituents is 1. The fourth-order valence-electron chi connectivity index (χ4n) is 2.04. The highest BCUT2D eigenvalue weighted by atomic mass is 32.2. The second-order valence-corrected chi connectivity index (χ2v) is 7.57. The third-order valence-corrected chi connectivity index (χ3v) is 5.50. The van der Waals surface area contributed by atoms with Gasteiger partial charge >= 0.3 is 10.1 Å². The Morgan fingerprint density at radius 2 is 1.81 bits per heavy atom. The van der Waals surface area contributed by atoms with E-state index in [4.69, 9.17) is 9.47 Å². The van der Waals surface area contributed by atoms with Gasteiger partial charge in [-0.2, -0.15) is 8.42 Å². The van der Waals surface area contributed by atoms with Gasteiger partial charge in [0, 0.05) is 17.9 Å². The largest absolute Gasteiger partial charge is 0.490 e. The molecule has 0 saturated heterocycles. The van der Waals surface area contributed by atoms with E-state index in [2.05, 4.69) is 4.28 Å². The first kappa shape index (κ1) is 20.7. The molecule has 0 aliphatic rings. The SMILES string of the molecule is CCOc1c[pH]c(C(=O)NOS(=O)(=O)c2ccc([N+](=O)[O-])cc2)c1OCC. The molecule has 1 aromatic heterocycles. The number of benzene rings is 1. The number of carbonyl (C=O) groups is 1. The van der Waals surface area contributed by atoms with Crippen LogP contribution in [0.3, 0.4) is 0 Å². The van der Waals surface area contributed by atoms with Crippen LogP contribution in [0, 0.1) is 10.1 Å². The highest BCUT2D eigenvalue weighted by Gasteiger charge is 2.23. The fraction of sp³-hybridized carbons (Fsp3) is 0.267. The molecule has 27 heavy (non-hydrogen) atoms. The third-order valence-electron chi connectivity index (χ3n) is 3.19. The summed E-state index contributed by atoms with van der Waals surface area (Å²) in [6.45, 7) is 4.20. The molecule has 0 aliphatic carbocycles. The standard InChI is InChI=1S/C15H17N2O8PS/c1-3-23-12-9-26-14(13(12)24-4-2)15(18)16-25-27(21,22)11-7-5-10(6-8-11)17(19)20/h5-9,26H,3-4H2,1-2H3,(H,16,18). The van der Waals surface area contributed by atoms with Gasteiger partial charge in [0.05, 0.1) is 23.0 Å². The van der Waals surface area contributed by atoms with Gasteiger partial charge in [-0.25, -0.2) is 5.48 Å². The molecule has 1 N–H and O–H groups in total. The number of carbonyl (C=O) groups excluding carboxylic acids is 1. The summed E-state index contributed by atoms with van der Waals surface area (Å²) < 4.78 is 39.6. The Bertz CT molecular complexity index is 924. The summed E-state index contributed by atoms with van der Waals surface area (Å²) in [6.07, 6.45) is 0. The molecule has 0 radical (unpaired) electrons. The highest BCUT2D eigenvalue weighted by molar-refractivity contribution is 7.86. The molecular formula is C15H17N2O8PS. The van der Waals surface area contributed by atoms with Crippen LogP contribution in [0.15, 0.2) is 35.0 Å². The minimum atomic E-state index is -4.34. The molecule has 2 aromatic rings. The summed E-state index contributed by atoms with van der Waals surface area (Å²) in [5, 5.41) is 10.8. The summed E-state index contributed by atoms with van der Waals surface area (Å²) in [7, 11) is -4.42. The molecule has 10 nitrogen and oxygen atoms in total. The van der Waals surface area contributed by atoms with Gasteiger partial charge in [0.1, 0.15) is 5.30 Å². The summed E-state index contributed by atoms with van der Waals surface area (Å²) in [5.41, 5.74) is 1.60. The van der Waals surface area contributed by atoms with E-state index in [0.29, 0.717) is 19.0 Å². The van der Waals surface area contributed by atoms with Crippen molar-refractivity contribution in [2.24, 2.45) is 0 Å². The van der Waals surface area contributed by atoms with Crippen molar-refractivity contribution in [3.8, 4) is 11.5 Å². The lowest BCUT2D eigenvalue weighted by Crippen LogP contribution is -2.27. The molecule has 0 saturated carbocycles. The second-order valence-electron chi connectivity index (χ2n) is 4.94. The Kier molecular flexibility index (Phi) is 6.78. The number of non-ortho nitro benzene ring substituents is 1. The van der Waals surface area contributed by atoms with Gasteiger partial charge in [-0.15, -0.1) is 12.5 Å². The fourth-order valence-corrected chi connectivity index (χ4v) is 3.79. The quantitative estimate of drug-likeness (QED) is 0.487. The molecule has 12 heteroatoms. The molecule has 1 amide bonds. The lowest BCUT2D eigenvalue weighted by molar-refractivity contribution is -0.384. The van der Waals surface area contributed by atoms with E-state index in [-0.39, 0.29) is 29.8 Å². The zero-order chi connectivity index (χ0) is 20.0. The van der Waals surface area contributed by atoms with E-state index in [9.17, 15) is 23.3 Å². The number of hydrogen-bond acceptors (Lipinski definition) is 8. The van der Waals surface area contributed by atoms with E-state index in [1.165, 1.54) is 0 Å². The molecule has 0 aliphatic heterocycles. The van der Waals surface area contributed by atoms with Gasteiger partial charge in [0.25, 0.3) is 11.6 Å². The molecule has 1 aromatic carbocycles. The van der Waals surface area contributed by atoms with E-state index >= 15 is 0 Å². The molecular weight excluding hydrogens is 399 g/mol. The Morgan fingerprint density at radius 1 is 1.19 bits per heavy atom. The van der Waals surface area contributed by atoms with Crippen molar-refractivity contribution in [1.82, 2.24) is 5.48 Å². The number of rotatable bonds is 9. The van der Waals surface area contributed by atoms with Crippen LogP contribution in [0.4, 0.5) is 5.69 Å². The molecule has 1 atom stereocenters. The van der Waals surface area contributed by atoms with Crippen molar-refractivity contribution in [2.45, 2.75) is 18.7 Å². The number of nitro groups is 1. The number of amides is 1. The summed E-state index contributed by atoms with van der Waals surface area (Å²) >= 11 is 0. The predicted molar refractivity (Wildman–Crippen MR) is 97.1 cm³/mol. The predicted octanol–water partition coefficient (Wildman–Crippen LogP) is 2.47. The van der Waals surface area contributed by atoms with Crippen molar-refractivity contribution in [1.29, 1.82) is 0 Å². The normalized spacial score (nSPS) is 11.3. The summed E-state index contributed by atoms with van der Waals surface area (Å²) in [6, 6.07) is 4.06. The van der Waals surface area contributed by atoms with Gasteiger partial charge in [0.15, 0.2) is 11.5 Å². The number of hydroxylamine groups is 1. The Morgan fingerprint density at radius 3 is 2.37 bits per heavy atom.